The Bertz CT molecular complexity index is 918. The predicted octanol–water partition coefficient (Wildman–Crippen LogP) is 2.86. The number of imide groups is 1. The monoisotopic (exact) mass is 369 g/mol. The number of aryl methyl sites for hydroxylation is 3. The SMILES string of the molecule is CCc1ccccc1NC(=O)CN1C(=O)N[C@@](C)(c2cc(C)oc2C)C1=O. The molecule has 7 heteroatoms. The molecule has 0 aliphatic carbocycles. The molecule has 0 bridgehead atoms. The second kappa shape index (κ2) is 6.90. The molecule has 7 nitrogen and oxygen atoms in total. The maximum Gasteiger partial charge on any atom is 0.325 e. The summed E-state index contributed by atoms with van der Waals surface area (Å²) in [6, 6.07) is 8.57. The number of hydrogen-bond donors (Lipinski definition) is 2. The molecule has 1 saturated heterocycles. The van der Waals surface area contributed by atoms with Gasteiger partial charge >= 0.3 is 6.03 Å². The zero-order valence-electron chi connectivity index (χ0n) is 15.9. The molecule has 2 N–H and O–H groups in total. The van der Waals surface area contributed by atoms with Crippen molar-refractivity contribution in [1.82, 2.24) is 10.2 Å². The number of para-hydroxylation sites is 1. The van der Waals surface area contributed by atoms with E-state index in [0.29, 0.717) is 22.8 Å². The summed E-state index contributed by atoms with van der Waals surface area (Å²) in [5.41, 5.74) is 1.01. The van der Waals surface area contributed by atoms with E-state index in [9.17, 15) is 14.4 Å². The number of urea groups is 1. The first kappa shape index (κ1) is 18.7. The van der Waals surface area contributed by atoms with Gasteiger partial charge in [-0.25, -0.2) is 4.79 Å². The number of amides is 4. The van der Waals surface area contributed by atoms with E-state index >= 15 is 0 Å². The van der Waals surface area contributed by atoms with Crippen LogP contribution in [-0.2, 0) is 21.5 Å². The van der Waals surface area contributed by atoms with Crippen LogP contribution in [0.5, 0.6) is 0 Å². The van der Waals surface area contributed by atoms with Gasteiger partial charge in [-0.3, -0.25) is 14.5 Å². The highest BCUT2D eigenvalue weighted by molar-refractivity contribution is 6.10. The number of nitrogens with zero attached hydrogens (tertiary/aromatic N) is 1. The number of hydrogen-bond acceptors (Lipinski definition) is 4. The van der Waals surface area contributed by atoms with Crippen molar-refractivity contribution < 1.29 is 18.8 Å². The molecule has 1 aliphatic heterocycles. The molecule has 2 aromatic rings. The van der Waals surface area contributed by atoms with E-state index in [1.165, 1.54) is 0 Å². The molecule has 3 rings (SSSR count). The van der Waals surface area contributed by atoms with Crippen LogP contribution in [0, 0.1) is 13.8 Å². The van der Waals surface area contributed by atoms with Gasteiger partial charge in [-0.05, 0) is 44.9 Å². The average Bonchev–Trinajstić information content (AvgIpc) is 3.07. The molecule has 0 spiro atoms. The molecule has 142 valence electrons. The third-order valence-electron chi connectivity index (χ3n) is 4.83. The van der Waals surface area contributed by atoms with Gasteiger partial charge in [0.15, 0.2) is 0 Å². The molecule has 1 atom stereocenters. The first-order valence-corrected chi connectivity index (χ1v) is 8.85. The highest BCUT2D eigenvalue weighted by Crippen LogP contribution is 2.32. The minimum Gasteiger partial charge on any atom is -0.466 e. The van der Waals surface area contributed by atoms with Crippen LogP contribution in [0.25, 0.3) is 0 Å². The fraction of sp³-hybridized carbons (Fsp3) is 0.350. The Labute approximate surface area is 157 Å². The molecule has 1 fully saturated rings. The smallest absolute Gasteiger partial charge is 0.325 e. The van der Waals surface area contributed by atoms with Gasteiger partial charge in [-0.1, -0.05) is 25.1 Å². The largest absolute Gasteiger partial charge is 0.466 e. The van der Waals surface area contributed by atoms with Crippen molar-refractivity contribution in [2.24, 2.45) is 0 Å². The lowest BCUT2D eigenvalue weighted by Gasteiger charge is -2.21. The number of carbonyl (C=O) groups is 3. The zero-order valence-corrected chi connectivity index (χ0v) is 15.9. The van der Waals surface area contributed by atoms with Crippen LogP contribution < -0.4 is 10.6 Å². The van der Waals surface area contributed by atoms with Crippen LogP contribution in [0.1, 0.15) is 36.5 Å². The van der Waals surface area contributed by atoms with E-state index in [0.717, 1.165) is 16.9 Å². The molecule has 27 heavy (non-hydrogen) atoms. The quantitative estimate of drug-likeness (QED) is 0.793. The summed E-state index contributed by atoms with van der Waals surface area (Å²) in [5, 5.41) is 5.47. The van der Waals surface area contributed by atoms with E-state index < -0.39 is 23.4 Å². The maximum absolute atomic E-state index is 12.9. The highest BCUT2D eigenvalue weighted by atomic mass is 16.3. The van der Waals surface area contributed by atoms with Crippen molar-refractivity contribution in [2.75, 3.05) is 11.9 Å². The van der Waals surface area contributed by atoms with Gasteiger partial charge in [-0.15, -0.1) is 0 Å². The number of furan rings is 1. The highest BCUT2D eigenvalue weighted by Gasteiger charge is 2.51. The van der Waals surface area contributed by atoms with Crippen molar-refractivity contribution in [3.8, 4) is 0 Å². The summed E-state index contributed by atoms with van der Waals surface area (Å²) in [4.78, 5) is 38.7. The molecule has 1 aliphatic rings. The fourth-order valence-electron chi connectivity index (χ4n) is 3.43. The Balaban J connectivity index is 1.78. The summed E-state index contributed by atoms with van der Waals surface area (Å²) < 4.78 is 5.50. The normalized spacial score (nSPS) is 19.3. The van der Waals surface area contributed by atoms with Crippen LogP contribution in [0.3, 0.4) is 0 Å². The van der Waals surface area contributed by atoms with E-state index in [-0.39, 0.29) is 6.54 Å². The van der Waals surface area contributed by atoms with Gasteiger partial charge < -0.3 is 15.1 Å². The Morgan fingerprint density at radius 3 is 2.59 bits per heavy atom. The summed E-state index contributed by atoms with van der Waals surface area (Å²) >= 11 is 0. The zero-order chi connectivity index (χ0) is 19.8. The maximum atomic E-state index is 12.9. The summed E-state index contributed by atoms with van der Waals surface area (Å²) in [6.45, 7) is 6.77. The Kier molecular flexibility index (Phi) is 4.78. The number of rotatable bonds is 5. The van der Waals surface area contributed by atoms with E-state index in [1.54, 1.807) is 32.9 Å². The van der Waals surface area contributed by atoms with Crippen LogP contribution in [-0.4, -0.2) is 29.3 Å². The van der Waals surface area contributed by atoms with Crippen molar-refractivity contribution in [1.29, 1.82) is 0 Å². The standard InChI is InChI=1S/C20H23N3O4/c1-5-14-8-6-7-9-16(14)21-17(24)11-23-18(25)20(4,22-19(23)26)15-10-12(2)27-13(15)3/h6-10H,5,11H2,1-4H3,(H,21,24)(H,22,26)/t20-/m0/s1. The lowest BCUT2D eigenvalue weighted by Crippen LogP contribution is -2.42. The minimum absolute atomic E-state index is 0.353. The van der Waals surface area contributed by atoms with Crippen LogP contribution in [0.2, 0.25) is 0 Å². The van der Waals surface area contributed by atoms with E-state index in [4.69, 9.17) is 4.42 Å². The molecule has 1 aromatic heterocycles. The fourth-order valence-corrected chi connectivity index (χ4v) is 3.43. The second-order valence-electron chi connectivity index (χ2n) is 6.83. The third-order valence-corrected chi connectivity index (χ3v) is 4.83. The van der Waals surface area contributed by atoms with Crippen molar-refractivity contribution in [3.05, 3.63) is 53.0 Å². The Morgan fingerprint density at radius 2 is 1.96 bits per heavy atom. The first-order chi connectivity index (χ1) is 12.8. The van der Waals surface area contributed by atoms with Crippen LogP contribution in [0.4, 0.5) is 10.5 Å². The van der Waals surface area contributed by atoms with Crippen molar-refractivity contribution in [3.63, 3.8) is 0 Å². The van der Waals surface area contributed by atoms with Crippen LogP contribution in [0.15, 0.2) is 34.7 Å². The van der Waals surface area contributed by atoms with Gasteiger partial charge in [-0.2, -0.15) is 0 Å². The Hall–Kier alpha value is -3.09. The first-order valence-electron chi connectivity index (χ1n) is 8.85. The van der Waals surface area contributed by atoms with E-state index in [1.807, 2.05) is 25.1 Å². The molecule has 4 amide bonds. The molecule has 0 radical (unpaired) electrons. The summed E-state index contributed by atoms with van der Waals surface area (Å²) in [7, 11) is 0. The summed E-state index contributed by atoms with van der Waals surface area (Å²) in [6.07, 6.45) is 0.761. The molecular weight excluding hydrogens is 346 g/mol. The molecule has 0 saturated carbocycles. The lowest BCUT2D eigenvalue weighted by atomic mass is 9.92. The van der Waals surface area contributed by atoms with Crippen molar-refractivity contribution in [2.45, 2.75) is 39.7 Å². The minimum atomic E-state index is -1.25. The number of anilines is 1. The predicted molar refractivity (Wildman–Crippen MR) is 100 cm³/mol. The van der Waals surface area contributed by atoms with Crippen LogP contribution >= 0.6 is 0 Å². The molecule has 2 heterocycles. The Morgan fingerprint density at radius 1 is 1.26 bits per heavy atom. The lowest BCUT2D eigenvalue weighted by molar-refractivity contribution is -0.133. The topological polar surface area (TPSA) is 91.7 Å². The molecule has 1 aromatic carbocycles. The number of benzene rings is 1. The summed E-state index contributed by atoms with van der Waals surface area (Å²) in [5.74, 6) is 0.309. The van der Waals surface area contributed by atoms with Gasteiger partial charge in [0, 0.05) is 11.3 Å². The third kappa shape index (κ3) is 3.32. The number of nitrogens with one attached hydrogen (secondary N) is 2. The molecule has 0 unspecified atom stereocenters. The average molecular weight is 369 g/mol. The number of carbonyl (C=O) groups excluding carboxylic acids is 3. The van der Waals surface area contributed by atoms with Gasteiger partial charge in [0.25, 0.3) is 5.91 Å². The van der Waals surface area contributed by atoms with E-state index in [2.05, 4.69) is 10.6 Å². The van der Waals surface area contributed by atoms with Crippen molar-refractivity contribution >= 4 is 23.5 Å². The molecular formula is C20H23N3O4. The second-order valence-corrected chi connectivity index (χ2v) is 6.83. The van der Waals surface area contributed by atoms with Gasteiger partial charge in [0.05, 0.1) is 0 Å². The van der Waals surface area contributed by atoms with Gasteiger partial charge in [0.1, 0.15) is 23.6 Å². The van der Waals surface area contributed by atoms with Gasteiger partial charge in [0.2, 0.25) is 5.91 Å².